The van der Waals surface area contributed by atoms with E-state index in [0.717, 1.165) is 10.9 Å². The Morgan fingerprint density at radius 1 is 1.44 bits per heavy atom. The predicted molar refractivity (Wildman–Crippen MR) is 67.3 cm³/mol. The van der Waals surface area contributed by atoms with Crippen LogP contribution in [0.1, 0.15) is 19.8 Å². The number of nitrogens with one attached hydrogen (secondary N) is 1. The number of hydrogen-bond acceptors (Lipinski definition) is 3. The summed E-state index contributed by atoms with van der Waals surface area (Å²) in [6.07, 6.45) is 1.49. The quantitative estimate of drug-likeness (QED) is 0.914. The van der Waals surface area contributed by atoms with Crippen LogP contribution < -0.4 is 5.32 Å². The van der Waals surface area contributed by atoms with Gasteiger partial charge in [-0.2, -0.15) is 8.42 Å². The van der Waals surface area contributed by atoms with Gasteiger partial charge in [0.2, 0.25) is 0 Å². The fourth-order valence-corrected chi connectivity index (χ4v) is 3.24. The molecule has 0 fully saturated rings. The van der Waals surface area contributed by atoms with Gasteiger partial charge in [0.15, 0.2) is 0 Å². The summed E-state index contributed by atoms with van der Waals surface area (Å²) < 4.78 is 28.2. The summed E-state index contributed by atoms with van der Waals surface area (Å²) in [5.41, 5.74) is 0.599. The van der Waals surface area contributed by atoms with Gasteiger partial charge in [-0.05, 0) is 24.6 Å². The molecule has 4 nitrogen and oxygen atoms in total. The van der Waals surface area contributed by atoms with Crippen LogP contribution in [0.2, 0.25) is 0 Å². The maximum atomic E-state index is 11.9. The molecular weight excluding hydrogens is 292 g/mol. The van der Waals surface area contributed by atoms with Gasteiger partial charge >= 0.3 is 0 Å². The minimum atomic E-state index is -3.54. The second-order valence-corrected chi connectivity index (χ2v) is 6.02. The number of sulfonamides is 1. The highest BCUT2D eigenvalue weighted by molar-refractivity contribution is 9.10. The van der Waals surface area contributed by atoms with Crippen LogP contribution in [0.25, 0.3) is 0 Å². The molecule has 0 saturated heterocycles. The van der Waals surface area contributed by atoms with Gasteiger partial charge in [-0.1, -0.05) is 22.9 Å². The van der Waals surface area contributed by atoms with Crippen LogP contribution in [0.5, 0.6) is 0 Å². The van der Waals surface area contributed by atoms with Crippen molar-refractivity contribution in [3.63, 3.8) is 0 Å². The molecule has 0 aromatic heterocycles. The molecule has 6 heteroatoms. The average molecular weight is 303 g/mol. The molecule has 1 heterocycles. The Hall–Kier alpha value is -0.880. The van der Waals surface area contributed by atoms with Gasteiger partial charge in [0.1, 0.15) is 10.7 Å². The van der Waals surface area contributed by atoms with Gasteiger partial charge in [0.25, 0.3) is 10.0 Å². The van der Waals surface area contributed by atoms with E-state index in [1.807, 2.05) is 6.92 Å². The van der Waals surface area contributed by atoms with Crippen molar-refractivity contribution in [2.75, 3.05) is 5.32 Å². The van der Waals surface area contributed by atoms with Crippen molar-refractivity contribution in [1.82, 2.24) is 0 Å². The Morgan fingerprint density at radius 3 is 2.88 bits per heavy atom. The molecular formula is C10H11BrN2O2S. The number of rotatable bonds is 2. The third-order valence-electron chi connectivity index (χ3n) is 2.22. The van der Waals surface area contributed by atoms with E-state index in [2.05, 4.69) is 25.6 Å². The Balaban J connectivity index is 2.53. The van der Waals surface area contributed by atoms with Gasteiger partial charge in [-0.25, -0.2) is 0 Å². The lowest BCUT2D eigenvalue weighted by Gasteiger charge is -2.17. The lowest BCUT2D eigenvalue weighted by atomic mass is 10.2. The molecule has 0 amide bonds. The lowest BCUT2D eigenvalue weighted by Crippen LogP contribution is -2.21. The van der Waals surface area contributed by atoms with E-state index in [0.29, 0.717) is 17.9 Å². The normalized spacial score (nSPS) is 17.2. The van der Waals surface area contributed by atoms with E-state index >= 15 is 0 Å². The van der Waals surface area contributed by atoms with Crippen molar-refractivity contribution in [1.29, 1.82) is 0 Å². The first-order valence-electron chi connectivity index (χ1n) is 4.93. The van der Waals surface area contributed by atoms with Gasteiger partial charge in [0, 0.05) is 10.9 Å². The van der Waals surface area contributed by atoms with E-state index in [-0.39, 0.29) is 4.90 Å². The number of anilines is 1. The van der Waals surface area contributed by atoms with E-state index < -0.39 is 10.0 Å². The Kier molecular flexibility index (Phi) is 3.03. The summed E-state index contributed by atoms with van der Waals surface area (Å²) in [5, 5.41) is 3.03. The first kappa shape index (κ1) is 11.6. The third-order valence-corrected chi connectivity index (χ3v) is 4.07. The summed E-state index contributed by atoms with van der Waals surface area (Å²) >= 11 is 3.25. The molecule has 0 saturated carbocycles. The highest BCUT2D eigenvalue weighted by Gasteiger charge is 2.24. The molecule has 0 bridgehead atoms. The average Bonchev–Trinajstić information content (AvgIpc) is 2.19. The minimum absolute atomic E-state index is 0.224. The molecule has 0 aliphatic carbocycles. The number of nitrogens with zero attached hydrogens (tertiary/aromatic N) is 1. The zero-order valence-electron chi connectivity index (χ0n) is 8.70. The summed E-state index contributed by atoms with van der Waals surface area (Å²) in [7, 11) is -3.54. The van der Waals surface area contributed by atoms with Gasteiger partial charge in [-0.3, -0.25) is 0 Å². The summed E-state index contributed by atoms with van der Waals surface area (Å²) in [6.45, 7) is 1.98. The largest absolute Gasteiger partial charge is 0.342 e. The van der Waals surface area contributed by atoms with Gasteiger partial charge < -0.3 is 5.32 Å². The minimum Gasteiger partial charge on any atom is -0.342 e. The molecule has 1 aliphatic rings. The van der Waals surface area contributed by atoms with E-state index in [9.17, 15) is 8.42 Å². The zero-order valence-corrected chi connectivity index (χ0v) is 11.1. The number of benzene rings is 1. The molecule has 16 heavy (non-hydrogen) atoms. The molecule has 0 unspecified atom stereocenters. The number of halogens is 1. The SMILES string of the molecule is CCCC1=NS(=O)(=O)c2cc(Br)ccc2N1. The fourth-order valence-electron chi connectivity index (χ4n) is 1.53. The standard InChI is InChI=1S/C10H11BrN2O2S/c1-2-3-10-12-8-5-4-7(11)6-9(8)16(14,15)13-10/h4-6H,2-3H2,1H3,(H,12,13). The molecule has 0 atom stereocenters. The topological polar surface area (TPSA) is 58.5 Å². The Bertz CT molecular complexity index is 552. The maximum absolute atomic E-state index is 11.9. The molecule has 1 aromatic rings. The zero-order chi connectivity index (χ0) is 11.8. The van der Waals surface area contributed by atoms with Crippen molar-refractivity contribution in [2.24, 2.45) is 4.40 Å². The van der Waals surface area contributed by atoms with Crippen molar-refractivity contribution in [3.8, 4) is 0 Å². The summed E-state index contributed by atoms with van der Waals surface area (Å²) in [6, 6.07) is 5.10. The van der Waals surface area contributed by atoms with Gasteiger partial charge in [0.05, 0.1) is 5.69 Å². The second kappa shape index (κ2) is 4.18. The third kappa shape index (κ3) is 2.12. The van der Waals surface area contributed by atoms with Gasteiger partial charge in [-0.15, -0.1) is 4.40 Å². The van der Waals surface area contributed by atoms with Crippen LogP contribution in [0, 0.1) is 0 Å². The van der Waals surface area contributed by atoms with Crippen molar-refractivity contribution >= 4 is 37.5 Å². The maximum Gasteiger partial charge on any atom is 0.286 e. The Morgan fingerprint density at radius 2 is 2.19 bits per heavy atom. The number of amidine groups is 1. The first-order valence-corrected chi connectivity index (χ1v) is 7.16. The molecule has 2 rings (SSSR count). The van der Waals surface area contributed by atoms with Crippen molar-refractivity contribution in [3.05, 3.63) is 22.7 Å². The molecule has 0 spiro atoms. The summed E-state index contributed by atoms with van der Waals surface area (Å²) in [5.74, 6) is 0.511. The lowest BCUT2D eigenvalue weighted by molar-refractivity contribution is 0.597. The van der Waals surface area contributed by atoms with E-state index in [4.69, 9.17) is 0 Å². The molecule has 1 N–H and O–H groups in total. The number of fused-ring (bicyclic) bond motifs is 1. The Labute approximate surface area is 103 Å². The molecule has 1 aliphatic heterocycles. The molecule has 0 radical (unpaired) electrons. The predicted octanol–water partition coefficient (Wildman–Crippen LogP) is 2.76. The van der Waals surface area contributed by atoms with Crippen LogP contribution in [-0.2, 0) is 10.0 Å². The smallest absolute Gasteiger partial charge is 0.286 e. The van der Waals surface area contributed by atoms with Crippen molar-refractivity contribution in [2.45, 2.75) is 24.7 Å². The van der Waals surface area contributed by atoms with E-state index in [1.165, 1.54) is 0 Å². The van der Waals surface area contributed by atoms with E-state index in [1.54, 1.807) is 18.2 Å². The highest BCUT2D eigenvalue weighted by Crippen LogP contribution is 2.30. The van der Waals surface area contributed by atoms with Crippen LogP contribution in [0.3, 0.4) is 0 Å². The van der Waals surface area contributed by atoms with Crippen LogP contribution in [-0.4, -0.2) is 14.3 Å². The molecule has 86 valence electrons. The fraction of sp³-hybridized carbons (Fsp3) is 0.300. The first-order chi connectivity index (χ1) is 7.53. The van der Waals surface area contributed by atoms with Crippen LogP contribution in [0.15, 0.2) is 32.0 Å². The van der Waals surface area contributed by atoms with Crippen LogP contribution in [0.4, 0.5) is 5.69 Å². The van der Waals surface area contributed by atoms with Crippen LogP contribution >= 0.6 is 15.9 Å². The second-order valence-electron chi connectivity index (χ2n) is 3.53. The summed E-state index contributed by atoms with van der Waals surface area (Å²) in [4.78, 5) is 0.224. The monoisotopic (exact) mass is 302 g/mol. The highest BCUT2D eigenvalue weighted by atomic mass is 79.9. The molecule has 1 aromatic carbocycles. The van der Waals surface area contributed by atoms with Crippen molar-refractivity contribution < 1.29 is 8.42 Å². The number of hydrogen-bond donors (Lipinski definition) is 1.